The first-order valence-corrected chi connectivity index (χ1v) is 7.83. The molecular weight excluding hydrogens is 306 g/mol. The molecule has 6 nitrogen and oxygen atoms in total. The predicted octanol–water partition coefficient (Wildman–Crippen LogP) is 2.12. The fourth-order valence-electron chi connectivity index (χ4n) is 2.16. The van der Waals surface area contributed by atoms with Gasteiger partial charge in [0.1, 0.15) is 11.6 Å². The first-order valence-electron chi connectivity index (χ1n) is 7.83. The number of rotatable bonds is 9. The number of nitrogens with zero attached hydrogens (tertiary/aromatic N) is 1. The molecule has 0 unspecified atom stereocenters. The first-order chi connectivity index (χ1) is 11.7. The molecule has 6 heteroatoms. The Morgan fingerprint density at radius 3 is 2.75 bits per heavy atom. The summed E-state index contributed by atoms with van der Waals surface area (Å²) >= 11 is 0. The number of carbonyl (C=O) groups excluding carboxylic acids is 1. The average Bonchev–Trinajstić information content (AvgIpc) is 2.62. The molecule has 0 fully saturated rings. The van der Waals surface area contributed by atoms with E-state index in [2.05, 4.69) is 15.6 Å². The van der Waals surface area contributed by atoms with Crippen LogP contribution in [0.1, 0.15) is 15.9 Å². The van der Waals surface area contributed by atoms with Gasteiger partial charge in [0.2, 0.25) is 0 Å². The SMILES string of the molecule is COCCNc1ccc(C(=O)NCCc2cccc(OC)c2)cn1. The van der Waals surface area contributed by atoms with Crippen LogP contribution in [0.5, 0.6) is 5.75 Å². The Morgan fingerprint density at radius 2 is 2.04 bits per heavy atom. The Balaban J connectivity index is 1.79. The number of amides is 1. The van der Waals surface area contributed by atoms with E-state index in [1.807, 2.05) is 24.3 Å². The number of ether oxygens (including phenoxy) is 2. The number of pyridine rings is 1. The number of hydrogen-bond acceptors (Lipinski definition) is 5. The highest BCUT2D eigenvalue weighted by Crippen LogP contribution is 2.12. The van der Waals surface area contributed by atoms with E-state index in [1.165, 1.54) is 0 Å². The smallest absolute Gasteiger partial charge is 0.252 e. The largest absolute Gasteiger partial charge is 0.497 e. The number of methoxy groups -OCH3 is 2. The van der Waals surface area contributed by atoms with Crippen LogP contribution in [0.2, 0.25) is 0 Å². The van der Waals surface area contributed by atoms with Crippen molar-refractivity contribution in [2.45, 2.75) is 6.42 Å². The summed E-state index contributed by atoms with van der Waals surface area (Å²) < 4.78 is 10.1. The molecule has 0 aliphatic carbocycles. The van der Waals surface area contributed by atoms with Gasteiger partial charge in [0, 0.05) is 26.4 Å². The summed E-state index contributed by atoms with van der Waals surface area (Å²) in [7, 11) is 3.29. The highest BCUT2D eigenvalue weighted by atomic mass is 16.5. The van der Waals surface area contributed by atoms with Gasteiger partial charge in [0.25, 0.3) is 5.91 Å². The molecule has 0 radical (unpaired) electrons. The van der Waals surface area contributed by atoms with E-state index in [0.717, 1.165) is 23.6 Å². The van der Waals surface area contributed by atoms with Crippen molar-refractivity contribution in [3.63, 3.8) is 0 Å². The summed E-state index contributed by atoms with van der Waals surface area (Å²) in [4.78, 5) is 16.3. The molecule has 24 heavy (non-hydrogen) atoms. The molecule has 1 aromatic carbocycles. The Kier molecular flexibility index (Phi) is 7.04. The molecule has 2 rings (SSSR count). The van der Waals surface area contributed by atoms with Gasteiger partial charge in [-0.15, -0.1) is 0 Å². The summed E-state index contributed by atoms with van der Waals surface area (Å²) in [5.74, 6) is 1.41. The zero-order valence-electron chi connectivity index (χ0n) is 14.0. The summed E-state index contributed by atoms with van der Waals surface area (Å²) in [5, 5.41) is 6.00. The van der Waals surface area contributed by atoms with Crippen LogP contribution in [0.3, 0.4) is 0 Å². The van der Waals surface area contributed by atoms with Gasteiger partial charge in [-0.25, -0.2) is 4.98 Å². The second-order valence-corrected chi connectivity index (χ2v) is 5.21. The quantitative estimate of drug-likeness (QED) is 0.690. The Morgan fingerprint density at radius 1 is 1.17 bits per heavy atom. The van der Waals surface area contributed by atoms with E-state index in [1.54, 1.807) is 32.5 Å². The van der Waals surface area contributed by atoms with Gasteiger partial charge in [0.15, 0.2) is 0 Å². The number of benzene rings is 1. The van der Waals surface area contributed by atoms with Gasteiger partial charge in [-0.2, -0.15) is 0 Å². The predicted molar refractivity (Wildman–Crippen MR) is 93.6 cm³/mol. The van der Waals surface area contributed by atoms with Gasteiger partial charge < -0.3 is 20.1 Å². The topological polar surface area (TPSA) is 72.5 Å². The summed E-state index contributed by atoms with van der Waals surface area (Å²) in [5.41, 5.74) is 1.66. The molecule has 128 valence electrons. The van der Waals surface area contributed by atoms with Crippen LogP contribution in [0, 0.1) is 0 Å². The number of aromatic nitrogens is 1. The van der Waals surface area contributed by atoms with Gasteiger partial charge >= 0.3 is 0 Å². The Bertz CT molecular complexity index is 644. The van der Waals surface area contributed by atoms with Crippen molar-refractivity contribution in [1.29, 1.82) is 0 Å². The van der Waals surface area contributed by atoms with Crippen LogP contribution in [0.15, 0.2) is 42.6 Å². The standard InChI is InChI=1S/C18H23N3O3/c1-23-11-10-19-17-7-6-15(13-21-17)18(22)20-9-8-14-4-3-5-16(12-14)24-2/h3-7,12-13H,8-11H2,1-2H3,(H,19,21)(H,20,22). The third-order valence-electron chi connectivity index (χ3n) is 3.47. The number of anilines is 1. The molecule has 0 aliphatic heterocycles. The van der Waals surface area contributed by atoms with Crippen molar-refractivity contribution in [1.82, 2.24) is 10.3 Å². The van der Waals surface area contributed by atoms with Gasteiger partial charge in [-0.3, -0.25) is 4.79 Å². The van der Waals surface area contributed by atoms with Gasteiger partial charge in [-0.05, 0) is 36.2 Å². The molecule has 0 atom stereocenters. The maximum Gasteiger partial charge on any atom is 0.252 e. The van der Waals surface area contributed by atoms with Crippen LogP contribution in [-0.2, 0) is 11.2 Å². The lowest BCUT2D eigenvalue weighted by Crippen LogP contribution is -2.25. The minimum absolute atomic E-state index is 0.131. The second-order valence-electron chi connectivity index (χ2n) is 5.21. The molecule has 1 amide bonds. The summed E-state index contributed by atoms with van der Waals surface area (Å²) in [6, 6.07) is 11.4. The maximum absolute atomic E-state index is 12.1. The molecule has 0 aliphatic rings. The van der Waals surface area contributed by atoms with Crippen LogP contribution in [0.4, 0.5) is 5.82 Å². The van der Waals surface area contributed by atoms with Crippen LogP contribution < -0.4 is 15.4 Å². The van der Waals surface area contributed by atoms with E-state index in [9.17, 15) is 4.79 Å². The van der Waals surface area contributed by atoms with Crippen molar-refractivity contribution >= 4 is 11.7 Å². The maximum atomic E-state index is 12.1. The molecule has 0 spiro atoms. The monoisotopic (exact) mass is 329 g/mol. The normalized spacial score (nSPS) is 10.2. The van der Waals surface area contributed by atoms with Crippen LogP contribution in [0.25, 0.3) is 0 Å². The first kappa shape index (κ1) is 17.7. The highest BCUT2D eigenvalue weighted by Gasteiger charge is 2.06. The molecule has 1 heterocycles. The summed E-state index contributed by atoms with van der Waals surface area (Å²) in [6.07, 6.45) is 2.31. The zero-order valence-corrected chi connectivity index (χ0v) is 14.0. The van der Waals surface area contributed by atoms with E-state index < -0.39 is 0 Å². The second kappa shape index (κ2) is 9.52. The number of carbonyl (C=O) groups is 1. The number of nitrogens with one attached hydrogen (secondary N) is 2. The lowest BCUT2D eigenvalue weighted by Gasteiger charge is -2.08. The number of hydrogen-bond donors (Lipinski definition) is 2. The fourth-order valence-corrected chi connectivity index (χ4v) is 2.16. The van der Waals surface area contributed by atoms with E-state index >= 15 is 0 Å². The lowest BCUT2D eigenvalue weighted by atomic mass is 10.1. The fraction of sp³-hybridized carbons (Fsp3) is 0.333. The van der Waals surface area contributed by atoms with Crippen molar-refractivity contribution in [3.8, 4) is 5.75 Å². The summed E-state index contributed by atoms with van der Waals surface area (Å²) in [6.45, 7) is 1.84. The molecule has 1 aromatic heterocycles. The molecule has 0 saturated carbocycles. The van der Waals surface area contributed by atoms with Gasteiger partial charge in [-0.1, -0.05) is 12.1 Å². The van der Waals surface area contributed by atoms with Crippen molar-refractivity contribution < 1.29 is 14.3 Å². The van der Waals surface area contributed by atoms with Crippen LogP contribution in [-0.4, -0.2) is 44.8 Å². The molecule has 2 N–H and O–H groups in total. The van der Waals surface area contributed by atoms with E-state index in [4.69, 9.17) is 9.47 Å². The zero-order chi connectivity index (χ0) is 17.2. The molecule has 0 saturated heterocycles. The Hall–Kier alpha value is -2.60. The van der Waals surface area contributed by atoms with Crippen molar-refractivity contribution in [2.24, 2.45) is 0 Å². The third-order valence-corrected chi connectivity index (χ3v) is 3.47. The molecule has 2 aromatic rings. The minimum Gasteiger partial charge on any atom is -0.497 e. The minimum atomic E-state index is -0.131. The third kappa shape index (κ3) is 5.55. The van der Waals surface area contributed by atoms with Crippen molar-refractivity contribution in [3.05, 3.63) is 53.7 Å². The van der Waals surface area contributed by atoms with Gasteiger partial charge in [0.05, 0.1) is 19.3 Å². The van der Waals surface area contributed by atoms with Crippen molar-refractivity contribution in [2.75, 3.05) is 39.2 Å². The lowest BCUT2D eigenvalue weighted by molar-refractivity contribution is 0.0954. The Labute approximate surface area is 142 Å². The molecular formula is C18H23N3O3. The average molecular weight is 329 g/mol. The van der Waals surface area contributed by atoms with E-state index in [0.29, 0.717) is 25.3 Å². The highest BCUT2D eigenvalue weighted by molar-refractivity contribution is 5.94. The molecule has 0 bridgehead atoms. The van der Waals surface area contributed by atoms with Crippen LogP contribution >= 0.6 is 0 Å². The van der Waals surface area contributed by atoms with E-state index in [-0.39, 0.29) is 5.91 Å².